The van der Waals surface area contributed by atoms with E-state index >= 15 is 0 Å². The number of alkyl halides is 3. The van der Waals surface area contributed by atoms with Crippen molar-refractivity contribution in [3.05, 3.63) is 42.0 Å². The molecule has 218 valence electrons. The van der Waals surface area contributed by atoms with Crippen molar-refractivity contribution in [2.75, 3.05) is 54.8 Å². The average molecular weight is 579 g/mol. The van der Waals surface area contributed by atoms with Crippen molar-refractivity contribution in [1.82, 2.24) is 4.72 Å². The van der Waals surface area contributed by atoms with Crippen LogP contribution in [0, 0.1) is 5.41 Å². The van der Waals surface area contributed by atoms with Crippen molar-refractivity contribution in [3.8, 4) is 5.75 Å². The summed E-state index contributed by atoms with van der Waals surface area (Å²) in [6.45, 7) is 2.85. The van der Waals surface area contributed by atoms with E-state index in [1.807, 2.05) is 25.1 Å². The predicted molar refractivity (Wildman–Crippen MR) is 152 cm³/mol. The smallest absolute Gasteiger partial charge is 0.257 e. The second-order valence-electron chi connectivity index (χ2n) is 11.2. The molecule has 1 aliphatic carbocycles. The Labute approximate surface area is 237 Å². The van der Waals surface area contributed by atoms with Gasteiger partial charge in [-0.25, -0.2) is 13.2 Å². The number of benzene rings is 2. The Morgan fingerprint density at radius 1 is 1.00 bits per heavy atom. The Bertz CT molecular complexity index is 1190. The van der Waals surface area contributed by atoms with E-state index in [4.69, 9.17) is 4.74 Å². The van der Waals surface area contributed by atoms with E-state index in [2.05, 4.69) is 14.9 Å². The highest BCUT2D eigenvalue weighted by Gasteiger charge is 2.44. The summed E-state index contributed by atoms with van der Waals surface area (Å²) < 4.78 is 48.9. The van der Waals surface area contributed by atoms with E-state index in [1.54, 1.807) is 23.1 Å². The number of piperidine rings is 2. The highest BCUT2D eigenvalue weighted by atomic mass is 32.2. The van der Waals surface area contributed by atoms with Crippen LogP contribution in [0.5, 0.6) is 5.75 Å². The fraction of sp³-hybridized carbons (Fsp3) is 0.552. The summed E-state index contributed by atoms with van der Waals surface area (Å²) in [7, 11) is 0. The second-order valence-corrected chi connectivity index (χ2v) is 12.1. The molecule has 11 heteroatoms. The van der Waals surface area contributed by atoms with Crippen molar-refractivity contribution in [2.45, 2.75) is 62.3 Å². The number of nitrogens with one attached hydrogen (secondary N) is 2. The Morgan fingerprint density at radius 3 is 2.33 bits per heavy atom. The van der Waals surface area contributed by atoms with Gasteiger partial charge in [0, 0.05) is 55.6 Å². The maximum Gasteiger partial charge on any atom is 0.257 e. The lowest BCUT2D eigenvalue weighted by molar-refractivity contribution is -0.0221. The van der Waals surface area contributed by atoms with Gasteiger partial charge in [-0.2, -0.15) is 0 Å². The summed E-state index contributed by atoms with van der Waals surface area (Å²) in [6.07, 6.45) is 4.20. The van der Waals surface area contributed by atoms with Gasteiger partial charge in [-0.15, -0.1) is 0 Å². The Kier molecular flexibility index (Phi) is 8.72. The van der Waals surface area contributed by atoms with E-state index in [1.165, 1.54) is 24.8 Å². The molecule has 1 atom stereocenters. The molecule has 2 heterocycles. The third-order valence-electron chi connectivity index (χ3n) is 8.25. The van der Waals surface area contributed by atoms with E-state index in [-0.39, 0.29) is 50.2 Å². The van der Waals surface area contributed by atoms with Gasteiger partial charge in [0.25, 0.3) is 11.8 Å². The minimum Gasteiger partial charge on any atom is -0.461 e. The summed E-state index contributed by atoms with van der Waals surface area (Å²) in [5.74, 6) is -2.76. The van der Waals surface area contributed by atoms with Crippen LogP contribution in [0.4, 0.5) is 30.2 Å². The molecule has 0 aromatic heterocycles. The number of halogens is 3. The lowest BCUT2D eigenvalue weighted by atomic mass is 9.93. The molecule has 1 amide bonds. The number of amides is 1. The zero-order valence-electron chi connectivity index (χ0n) is 22.7. The molecule has 1 saturated carbocycles. The first-order valence-corrected chi connectivity index (χ1v) is 14.7. The van der Waals surface area contributed by atoms with Crippen LogP contribution >= 0.6 is 11.9 Å². The van der Waals surface area contributed by atoms with Gasteiger partial charge in [0.2, 0.25) is 6.86 Å². The largest absolute Gasteiger partial charge is 0.461 e. The zero-order valence-corrected chi connectivity index (χ0v) is 23.5. The highest BCUT2D eigenvalue weighted by molar-refractivity contribution is 7.97. The monoisotopic (exact) mass is 578 g/mol. The number of aliphatic hydroxyl groups excluding tert-OH is 1. The number of anilines is 3. The molecular weight excluding hydrogens is 541 g/mol. The number of carbonyl (C=O) groups excluding carboxylic acids is 1. The molecule has 3 aliphatic rings. The second kappa shape index (κ2) is 12.1. The molecule has 2 aromatic rings. The van der Waals surface area contributed by atoms with Gasteiger partial charge in [-0.05, 0) is 86.4 Å². The number of hydrogen-bond acceptors (Lipinski definition) is 7. The van der Waals surface area contributed by atoms with Gasteiger partial charge in [-0.3, -0.25) is 9.52 Å². The topological polar surface area (TPSA) is 77.1 Å². The molecule has 0 radical (unpaired) electrons. The summed E-state index contributed by atoms with van der Waals surface area (Å²) in [4.78, 5) is 18.6. The third-order valence-corrected chi connectivity index (χ3v) is 9.26. The van der Waals surface area contributed by atoms with Gasteiger partial charge < -0.3 is 25.0 Å². The van der Waals surface area contributed by atoms with Gasteiger partial charge in [0.15, 0.2) is 0 Å². The van der Waals surface area contributed by atoms with E-state index in [0.717, 1.165) is 36.5 Å². The van der Waals surface area contributed by atoms with Crippen LogP contribution < -0.4 is 24.6 Å². The Hall–Kier alpha value is -2.63. The summed E-state index contributed by atoms with van der Waals surface area (Å²) >= 11 is 1.42. The molecule has 0 unspecified atom stereocenters. The molecule has 5 rings (SSSR count). The standard InChI is InChI=1S/C29H37F3N4O3S/c1-20(18-37)34-40-22-3-4-23(24(17-22)35-12-8-28(6-7-28)9-13-35)27(38)33-21-2-5-26(39-19-30)25(16-21)36-14-10-29(31,32)11-15-36/h2-5,16-17,20,34,37H,6-15,18-19H2,1H3,(H,33,38)/t20-/m1/s1. The molecule has 0 bridgehead atoms. The highest BCUT2D eigenvalue weighted by Crippen LogP contribution is 2.54. The van der Waals surface area contributed by atoms with Crippen LogP contribution in [0.3, 0.4) is 0 Å². The van der Waals surface area contributed by atoms with Gasteiger partial charge >= 0.3 is 0 Å². The van der Waals surface area contributed by atoms with E-state index < -0.39 is 12.8 Å². The number of nitrogens with zero attached hydrogens (tertiary/aromatic N) is 2. The summed E-state index contributed by atoms with van der Waals surface area (Å²) in [6, 6.07) is 10.5. The third kappa shape index (κ3) is 6.80. The first kappa shape index (κ1) is 28.9. The molecule has 2 saturated heterocycles. The zero-order chi connectivity index (χ0) is 28.3. The van der Waals surface area contributed by atoms with Crippen molar-refractivity contribution in [2.24, 2.45) is 5.41 Å². The van der Waals surface area contributed by atoms with Gasteiger partial charge in [-0.1, -0.05) is 0 Å². The van der Waals surface area contributed by atoms with Crippen molar-refractivity contribution >= 4 is 34.9 Å². The molecule has 1 spiro atoms. The lowest BCUT2D eigenvalue weighted by Gasteiger charge is -2.35. The van der Waals surface area contributed by atoms with Crippen molar-refractivity contribution in [3.63, 3.8) is 0 Å². The minimum atomic E-state index is -2.72. The average Bonchev–Trinajstić information content (AvgIpc) is 3.71. The van der Waals surface area contributed by atoms with Crippen molar-refractivity contribution < 1.29 is 27.8 Å². The van der Waals surface area contributed by atoms with Crippen LogP contribution in [0.2, 0.25) is 0 Å². The first-order chi connectivity index (χ1) is 19.2. The van der Waals surface area contributed by atoms with E-state index in [0.29, 0.717) is 22.4 Å². The first-order valence-electron chi connectivity index (χ1n) is 13.9. The number of hydrogen-bond donors (Lipinski definition) is 3. The number of rotatable bonds is 10. The molecule has 2 aliphatic heterocycles. The fourth-order valence-electron chi connectivity index (χ4n) is 5.43. The number of carbonyl (C=O) groups is 1. The Morgan fingerprint density at radius 2 is 1.68 bits per heavy atom. The minimum absolute atomic E-state index is 0.0194. The molecular formula is C29H37F3N4O3S. The van der Waals surface area contributed by atoms with Crippen molar-refractivity contribution in [1.29, 1.82) is 0 Å². The molecule has 7 nitrogen and oxygen atoms in total. The van der Waals surface area contributed by atoms with Gasteiger partial charge in [0.05, 0.1) is 23.5 Å². The maximum absolute atomic E-state index is 13.8. The predicted octanol–water partition coefficient (Wildman–Crippen LogP) is 5.84. The molecule has 40 heavy (non-hydrogen) atoms. The van der Waals surface area contributed by atoms with Crippen LogP contribution in [-0.2, 0) is 0 Å². The van der Waals surface area contributed by atoms with Gasteiger partial charge in [0.1, 0.15) is 5.75 Å². The number of aliphatic hydroxyl groups is 1. The maximum atomic E-state index is 13.8. The summed E-state index contributed by atoms with van der Waals surface area (Å²) in [5, 5.41) is 12.3. The fourth-order valence-corrected chi connectivity index (χ4v) is 6.15. The molecule has 2 aromatic carbocycles. The van der Waals surface area contributed by atoms with Crippen LogP contribution in [0.15, 0.2) is 41.3 Å². The summed E-state index contributed by atoms with van der Waals surface area (Å²) in [5.41, 5.74) is 2.83. The normalized spacial score (nSPS) is 20.3. The van der Waals surface area contributed by atoms with E-state index in [9.17, 15) is 23.1 Å². The Balaban J connectivity index is 1.37. The number of ether oxygens (including phenoxy) is 1. The lowest BCUT2D eigenvalue weighted by Crippen LogP contribution is -2.39. The van der Waals surface area contributed by atoms with Crippen LogP contribution in [-0.4, -0.2) is 62.6 Å². The van der Waals surface area contributed by atoms with Crippen LogP contribution in [0.25, 0.3) is 0 Å². The molecule has 3 N–H and O–H groups in total. The van der Waals surface area contributed by atoms with Crippen LogP contribution in [0.1, 0.15) is 55.8 Å². The quantitative estimate of drug-likeness (QED) is 0.306. The SMILES string of the molecule is C[C@H](CO)NSc1ccc(C(=O)Nc2ccc(OCF)c(N3CCC(F)(F)CC3)c2)c(N2CCC3(CC2)CC3)c1. The molecule has 3 fully saturated rings.